The Hall–Kier alpha value is -3.75. The van der Waals surface area contributed by atoms with Crippen LogP contribution in [0.3, 0.4) is 0 Å². The van der Waals surface area contributed by atoms with Crippen LogP contribution in [0, 0.1) is 23.1 Å². The number of likely N-dealkylation sites (tertiary alicyclic amines) is 1. The minimum absolute atomic E-state index is 0.0812. The van der Waals surface area contributed by atoms with Gasteiger partial charge in [0.05, 0.1) is 25.1 Å². The third kappa shape index (κ3) is 4.64. The maximum absolute atomic E-state index is 14.0. The van der Waals surface area contributed by atoms with Gasteiger partial charge in [-0.2, -0.15) is 23.4 Å². The largest absolute Gasteiger partial charge is 0.480 e. The molecule has 0 aromatic carbocycles. The molecule has 1 fully saturated rings. The third-order valence-corrected chi connectivity index (χ3v) is 5.71. The Labute approximate surface area is 191 Å². The van der Waals surface area contributed by atoms with Gasteiger partial charge >= 0.3 is 6.18 Å². The first-order valence-corrected chi connectivity index (χ1v) is 10.5. The predicted octanol–water partition coefficient (Wildman–Crippen LogP) is 3.65. The summed E-state index contributed by atoms with van der Waals surface area (Å²) >= 11 is 0. The molecule has 34 heavy (non-hydrogen) atoms. The van der Waals surface area contributed by atoms with Gasteiger partial charge in [-0.15, -0.1) is 0 Å². The quantitative estimate of drug-likeness (QED) is 0.522. The summed E-state index contributed by atoms with van der Waals surface area (Å²) in [4.78, 5) is 25.9. The molecule has 0 saturated carbocycles. The lowest BCUT2D eigenvalue weighted by molar-refractivity contribution is -0.140. The van der Waals surface area contributed by atoms with E-state index in [9.17, 15) is 22.4 Å². The van der Waals surface area contributed by atoms with E-state index < -0.39 is 23.4 Å². The van der Waals surface area contributed by atoms with Gasteiger partial charge in [0.25, 0.3) is 0 Å². The van der Waals surface area contributed by atoms with E-state index in [-0.39, 0.29) is 48.4 Å². The normalized spacial score (nSPS) is 16.5. The zero-order valence-corrected chi connectivity index (χ0v) is 18.1. The van der Waals surface area contributed by atoms with E-state index in [4.69, 9.17) is 10.00 Å². The number of amides is 1. The Morgan fingerprint density at radius 3 is 2.82 bits per heavy atom. The van der Waals surface area contributed by atoms with Crippen molar-refractivity contribution in [2.24, 2.45) is 5.92 Å². The Morgan fingerprint density at radius 2 is 2.12 bits per heavy atom. The average Bonchev–Trinajstić information content (AvgIpc) is 3.21. The summed E-state index contributed by atoms with van der Waals surface area (Å²) in [5, 5.41) is 8.78. The predicted molar refractivity (Wildman–Crippen MR) is 111 cm³/mol. The second kappa shape index (κ2) is 9.24. The fourth-order valence-corrected chi connectivity index (χ4v) is 4.21. The van der Waals surface area contributed by atoms with Gasteiger partial charge in [-0.1, -0.05) is 0 Å². The number of hydrogen-bond donors (Lipinski definition) is 0. The molecule has 4 heterocycles. The van der Waals surface area contributed by atoms with Crippen molar-refractivity contribution in [3.05, 3.63) is 41.6 Å². The van der Waals surface area contributed by atoms with Crippen molar-refractivity contribution in [1.29, 1.82) is 5.26 Å². The smallest absolute Gasteiger partial charge is 0.423 e. The van der Waals surface area contributed by atoms with Crippen LogP contribution in [0.5, 0.6) is 5.88 Å². The molecule has 3 aromatic heterocycles. The van der Waals surface area contributed by atoms with Crippen molar-refractivity contribution in [3.8, 4) is 23.5 Å². The van der Waals surface area contributed by atoms with Crippen LogP contribution in [-0.2, 0) is 17.4 Å². The van der Waals surface area contributed by atoms with E-state index in [2.05, 4.69) is 15.0 Å². The number of pyridine rings is 1. The summed E-state index contributed by atoms with van der Waals surface area (Å²) in [7, 11) is 1.09. The fourth-order valence-electron chi connectivity index (χ4n) is 4.21. The molecule has 0 unspecified atom stereocenters. The summed E-state index contributed by atoms with van der Waals surface area (Å²) in [6, 6.07) is 4.45. The van der Waals surface area contributed by atoms with Crippen LogP contribution in [0.25, 0.3) is 17.2 Å². The van der Waals surface area contributed by atoms with Gasteiger partial charge in [0.1, 0.15) is 29.1 Å². The molecule has 1 aliphatic heterocycles. The van der Waals surface area contributed by atoms with Crippen molar-refractivity contribution >= 4 is 11.6 Å². The lowest BCUT2D eigenvalue weighted by Crippen LogP contribution is -2.40. The van der Waals surface area contributed by atoms with Gasteiger partial charge in [0, 0.05) is 19.3 Å². The zero-order chi connectivity index (χ0) is 24.5. The van der Waals surface area contributed by atoms with Crippen LogP contribution in [0.2, 0.25) is 0 Å². The van der Waals surface area contributed by atoms with Crippen molar-refractivity contribution in [1.82, 2.24) is 24.3 Å². The lowest BCUT2D eigenvalue weighted by atomic mass is 9.91. The molecule has 1 aliphatic rings. The van der Waals surface area contributed by atoms with Crippen LogP contribution in [0.4, 0.5) is 17.6 Å². The number of aromatic nitrogens is 4. The number of fused-ring (bicyclic) bond motifs is 1. The number of nitrogens with zero attached hydrogens (tertiary/aromatic N) is 6. The summed E-state index contributed by atoms with van der Waals surface area (Å²) in [6.45, 7) is 0.676. The molecule has 0 N–H and O–H groups in total. The molecule has 8 nitrogen and oxygen atoms in total. The van der Waals surface area contributed by atoms with Crippen molar-refractivity contribution < 1.29 is 27.1 Å². The molecule has 4 rings (SSSR count). The molecule has 3 aromatic rings. The molecule has 1 atom stereocenters. The molecule has 0 aliphatic carbocycles. The molecular formula is C22H20F4N6O2. The molecule has 1 amide bonds. The number of carbonyl (C=O) groups is 1. The monoisotopic (exact) mass is 476 g/mol. The van der Waals surface area contributed by atoms with Gasteiger partial charge in [0.2, 0.25) is 11.8 Å². The number of methoxy groups -OCH3 is 1. The van der Waals surface area contributed by atoms with Crippen molar-refractivity contribution in [2.75, 3.05) is 20.2 Å². The second-order valence-electron chi connectivity index (χ2n) is 7.98. The van der Waals surface area contributed by atoms with Crippen LogP contribution in [-0.4, -0.2) is 50.4 Å². The highest BCUT2D eigenvalue weighted by molar-refractivity contribution is 5.78. The standard InChI is InChI=1S/C22H20F4N6O2/c1-34-21-19(22(24,25)26)15(9-13-3-2-8-31(11-13)18(33)6-7-27)29-20(30-21)16-10-28-17-5-4-14(23)12-32(16)17/h4-5,10,12-13H,2-3,6,8-9,11H2,1H3/t13-/m0/s1. The molecule has 0 radical (unpaired) electrons. The number of nitriles is 1. The Bertz CT molecular complexity index is 1270. The highest BCUT2D eigenvalue weighted by Gasteiger charge is 2.40. The topological polar surface area (TPSA) is 96.4 Å². The third-order valence-electron chi connectivity index (χ3n) is 5.71. The minimum Gasteiger partial charge on any atom is -0.480 e. The van der Waals surface area contributed by atoms with Crippen LogP contribution in [0.15, 0.2) is 24.5 Å². The van der Waals surface area contributed by atoms with E-state index in [1.54, 1.807) is 6.07 Å². The van der Waals surface area contributed by atoms with Gasteiger partial charge in [0.15, 0.2) is 5.82 Å². The van der Waals surface area contributed by atoms with Crippen molar-refractivity contribution in [3.63, 3.8) is 0 Å². The molecular weight excluding hydrogens is 456 g/mol. The number of hydrogen-bond acceptors (Lipinski definition) is 6. The Morgan fingerprint density at radius 1 is 1.32 bits per heavy atom. The number of carbonyl (C=O) groups excluding carboxylic acids is 1. The highest BCUT2D eigenvalue weighted by atomic mass is 19.4. The summed E-state index contributed by atoms with van der Waals surface area (Å²) in [6.07, 6.45) is -1.45. The summed E-state index contributed by atoms with van der Waals surface area (Å²) < 4.78 is 62.2. The first kappa shape index (κ1) is 23.4. The number of piperidine rings is 1. The highest BCUT2D eigenvalue weighted by Crippen LogP contribution is 2.39. The molecule has 1 saturated heterocycles. The molecule has 0 bridgehead atoms. The summed E-state index contributed by atoms with van der Waals surface area (Å²) in [5.74, 6) is -1.95. The van der Waals surface area contributed by atoms with Crippen LogP contribution >= 0.6 is 0 Å². The van der Waals surface area contributed by atoms with Gasteiger partial charge < -0.3 is 9.64 Å². The lowest BCUT2D eigenvalue weighted by Gasteiger charge is -2.32. The van der Waals surface area contributed by atoms with E-state index in [0.717, 1.165) is 13.3 Å². The van der Waals surface area contributed by atoms with E-state index in [0.29, 0.717) is 25.0 Å². The summed E-state index contributed by atoms with van der Waals surface area (Å²) in [5.41, 5.74) is -0.781. The van der Waals surface area contributed by atoms with Gasteiger partial charge in [-0.05, 0) is 37.3 Å². The van der Waals surface area contributed by atoms with Gasteiger partial charge in [-0.3, -0.25) is 9.20 Å². The molecule has 178 valence electrons. The van der Waals surface area contributed by atoms with E-state index >= 15 is 0 Å². The number of halogens is 4. The van der Waals surface area contributed by atoms with Crippen LogP contribution in [0.1, 0.15) is 30.5 Å². The van der Waals surface area contributed by atoms with Crippen LogP contribution < -0.4 is 4.74 Å². The zero-order valence-electron chi connectivity index (χ0n) is 18.1. The first-order chi connectivity index (χ1) is 16.2. The maximum Gasteiger partial charge on any atom is 0.423 e. The van der Waals surface area contributed by atoms with E-state index in [1.165, 1.54) is 27.6 Å². The number of alkyl halides is 3. The number of rotatable bonds is 5. The SMILES string of the molecule is COc1nc(-c2cnc3ccc(F)cn23)nc(C[C@@H]2CCCN(C(=O)CC#N)C2)c1C(F)(F)F. The first-order valence-electron chi connectivity index (χ1n) is 10.5. The maximum atomic E-state index is 14.0. The minimum atomic E-state index is -4.78. The Kier molecular flexibility index (Phi) is 6.37. The molecule has 0 spiro atoms. The number of imidazole rings is 1. The Balaban J connectivity index is 1.76. The fraction of sp³-hybridized carbons (Fsp3) is 0.409. The van der Waals surface area contributed by atoms with Crippen molar-refractivity contribution in [2.45, 2.75) is 31.9 Å². The number of ether oxygens (including phenoxy) is 1. The second-order valence-corrected chi connectivity index (χ2v) is 7.98. The average molecular weight is 476 g/mol. The van der Waals surface area contributed by atoms with Gasteiger partial charge in [-0.25, -0.2) is 14.4 Å². The van der Waals surface area contributed by atoms with E-state index in [1.807, 2.05) is 0 Å². The molecule has 12 heteroatoms.